The van der Waals surface area contributed by atoms with Gasteiger partial charge in [-0.15, -0.1) is 0 Å². The fraction of sp³-hybridized carbons (Fsp3) is 0.375. The van der Waals surface area contributed by atoms with Gasteiger partial charge in [0.15, 0.2) is 0 Å². The van der Waals surface area contributed by atoms with Crippen molar-refractivity contribution in [3.8, 4) is 0 Å². The average Bonchev–Trinajstić information content (AvgIpc) is 2.84. The molecule has 5 nitrogen and oxygen atoms in total. The van der Waals surface area contributed by atoms with Gasteiger partial charge in [-0.1, -0.05) is 18.2 Å². The van der Waals surface area contributed by atoms with Crippen molar-refractivity contribution in [2.24, 2.45) is 5.10 Å². The number of benzene rings is 1. The predicted octanol–water partition coefficient (Wildman–Crippen LogP) is 2.20. The molecule has 1 saturated heterocycles. The Morgan fingerprint density at radius 2 is 2.18 bits per heavy atom. The molecule has 0 aliphatic carbocycles. The Morgan fingerprint density at radius 1 is 1.36 bits per heavy atom. The SMILES string of the molecule is Cc1cn(N=Cc2cccc(CN3CCSCC3)c2)c(N)n1. The van der Waals surface area contributed by atoms with E-state index in [0.717, 1.165) is 17.8 Å². The molecular formula is C16H21N5S. The molecule has 3 rings (SSSR count). The number of hydrogen-bond acceptors (Lipinski definition) is 5. The Morgan fingerprint density at radius 3 is 2.91 bits per heavy atom. The molecule has 0 atom stereocenters. The highest BCUT2D eigenvalue weighted by Gasteiger charge is 2.10. The van der Waals surface area contributed by atoms with Gasteiger partial charge in [0.1, 0.15) is 0 Å². The summed E-state index contributed by atoms with van der Waals surface area (Å²) in [6.45, 7) is 5.26. The molecule has 22 heavy (non-hydrogen) atoms. The van der Waals surface area contributed by atoms with E-state index < -0.39 is 0 Å². The highest BCUT2D eigenvalue weighted by Crippen LogP contribution is 2.13. The lowest BCUT2D eigenvalue weighted by Crippen LogP contribution is -2.31. The maximum Gasteiger partial charge on any atom is 0.221 e. The zero-order valence-electron chi connectivity index (χ0n) is 12.8. The number of aryl methyl sites for hydroxylation is 1. The number of hydrogen-bond donors (Lipinski definition) is 1. The molecule has 1 aliphatic rings. The maximum absolute atomic E-state index is 5.79. The van der Waals surface area contributed by atoms with E-state index in [1.807, 2.05) is 31.1 Å². The molecule has 0 saturated carbocycles. The highest BCUT2D eigenvalue weighted by atomic mass is 32.2. The first-order valence-electron chi connectivity index (χ1n) is 7.45. The monoisotopic (exact) mass is 315 g/mol. The lowest BCUT2D eigenvalue weighted by molar-refractivity contribution is 0.294. The summed E-state index contributed by atoms with van der Waals surface area (Å²) in [7, 11) is 0. The van der Waals surface area contributed by atoms with E-state index in [1.165, 1.54) is 30.2 Å². The van der Waals surface area contributed by atoms with Crippen LogP contribution in [0.25, 0.3) is 0 Å². The summed E-state index contributed by atoms with van der Waals surface area (Å²) in [4.78, 5) is 6.64. The quantitative estimate of drug-likeness (QED) is 0.879. The number of thioether (sulfide) groups is 1. The molecule has 2 heterocycles. The third kappa shape index (κ3) is 3.90. The van der Waals surface area contributed by atoms with Gasteiger partial charge in [-0.2, -0.15) is 16.9 Å². The van der Waals surface area contributed by atoms with Gasteiger partial charge in [0, 0.05) is 31.1 Å². The van der Waals surface area contributed by atoms with E-state index in [-0.39, 0.29) is 0 Å². The van der Waals surface area contributed by atoms with Crippen molar-refractivity contribution in [3.05, 3.63) is 47.3 Å². The molecule has 116 valence electrons. The molecule has 1 aromatic carbocycles. The minimum absolute atomic E-state index is 0.413. The Kier molecular flexibility index (Phi) is 4.80. The van der Waals surface area contributed by atoms with Gasteiger partial charge in [0.2, 0.25) is 5.95 Å². The molecule has 2 N–H and O–H groups in total. The van der Waals surface area contributed by atoms with Crippen molar-refractivity contribution in [2.45, 2.75) is 13.5 Å². The van der Waals surface area contributed by atoms with Crippen molar-refractivity contribution in [1.29, 1.82) is 0 Å². The summed E-state index contributed by atoms with van der Waals surface area (Å²) in [6.07, 6.45) is 3.65. The van der Waals surface area contributed by atoms with Crippen molar-refractivity contribution in [2.75, 3.05) is 30.3 Å². The Hall–Kier alpha value is -1.79. The summed E-state index contributed by atoms with van der Waals surface area (Å²) in [6, 6.07) is 8.50. The van der Waals surface area contributed by atoms with Crippen LogP contribution in [0.1, 0.15) is 16.8 Å². The molecular weight excluding hydrogens is 294 g/mol. The molecule has 0 spiro atoms. The zero-order valence-corrected chi connectivity index (χ0v) is 13.6. The predicted molar refractivity (Wildman–Crippen MR) is 93.4 cm³/mol. The number of rotatable bonds is 4. The van der Waals surface area contributed by atoms with Crippen LogP contribution in [0.4, 0.5) is 5.95 Å². The van der Waals surface area contributed by atoms with Gasteiger partial charge in [-0.05, 0) is 24.1 Å². The van der Waals surface area contributed by atoms with Gasteiger partial charge in [-0.25, -0.2) is 9.66 Å². The fourth-order valence-corrected chi connectivity index (χ4v) is 3.49. The molecule has 1 fully saturated rings. The average molecular weight is 315 g/mol. The smallest absolute Gasteiger partial charge is 0.221 e. The van der Waals surface area contributed by atoms with Crippen LogP contribution in [0, 0.1) is 6.92 Å². The maximum atomic E-state index is 5.79. The Bertz CT molecular complexity index is 658. The van der Waals surface area contributed by atoms with Crippen LogP contribution in [0.15, 0.2) is 35.6 Å². The van der Waals surface area contributed by atoms with Crippen LogP contribution < -0.4 is 5.73 Å². The third-order valence-corrected chi connectivity index (χ3v) is 4.57. The molecule has 1 aliphatic heterocycles. The molecule has 0 radical (unpaired) electrons. The van der Waals surface area contributed by atoms with Crippen molar-refractivity contribution in [3.63, 3.8) is 0 Å². The molecule has 1 aromatic heterocycles. The second-order valence-electron chi connectivity index (χ2n) is 5.46. The minimum atomic E-state index is 0.413. The summed E-state index contributed by atoms with van der Waals surface area (Å²) >= 11 is 2.04. The molecule has 2 aromatic rings. The Balaban J connectivity index is 1.69. The Labute approximate surface area is 135 Å². The first-order valence-corrected chi connectivity index (χ1v) is 8.61. The molecule has 0 amide bonds. The minimum Gasteiger partial charge on any atom is -0.368 e. The topological polar surface area (TPSA) is 59.4 Å². The number of nitrogens with zero attached hydrogens (tertiary/aromatic N) is 4. The van der Waals surface area contributed by atoms with Crippen LogP contribution >= 0.6 is 11.8 Å². The summed E-state index contributed by atoms with van der Waals surface area (Å²) in [5, 5.41) is 4.37. The summed E-state index contributed by atoms with van der Waals surface area (Å²) in [5.41, 5.74) is 9.06. The van der Waals surface area contributed by atoms with Crippen LogP contribution in [-0.2, 0) is 6.54 Å². The summed E-state index contributed by atoms with van der Waals surface area (Å²) < 4.78 is 1.60. The van der Waals surface area contributed by atoms with E-state index in [1.54, 1.807) is 4.68 Å². The van der Waals surface area contributed by atoms with Crippen LogP contribution in [0.3, 0.4) is 0 Å². The normalized spacial score (nSPS) is 16.4. The van der Waals surface area contributed by atoms with Gasteiger partial charge in [0.05, 0.1) is 18.1 Å². The highest BCUT2D eigenvalue weighted by molar-refractivity contribution is 7.99. The van der Waals surface area contributed by atoms with Gasteiger partial charge < -0.3 is 5.73 Å². The van der Waals surface area contributed by atoms with Crippen molar-refractivity contribution < 1.29 is 0 Å². The number of imidazole rings is 1. The van der Waals surface area contributed by atoms with Crippen molar-refractivity contribution in [1.82, 2.24) is 14.6 Å². The number of nitrogens with two attached hydrogens (primary N) is 1. The lowest BCUT2D eigenvalue weighted by Gasteiger charge is -2.26. The first-order chi connectivity index (χ1) is 10.7. The van der Waals surface area contributed by atoms with E-state index in [4.69, 9.17) is 5.73 Å². The van der Waals surface area contributed by atoms with E-state index in [9.17, 15) is 0 Å². The van der Waals surface area contributed by atoms with Gasteiger partial charge in [0.25, 0.3) is 0 Å². The number of anilines is 1. The van der Waals surface area contributed by atoms with Crippen LogP contribution in [0.5, 0.6) is 0 Å². The molecule has 0 unspecified atom stereocenters. The number of nitrogen functional groups attached to an aromatic ring is 1. The van der Waals surface area contributed by atoms with Gasteiger partial charge >= 0.3 is 0 Å². The second-order valence-corrected chi connectivity index (χ2v) is 6.69. The lowest BCUT2D eigenvalue weighted by atomic mass is 10.1. The van der Waals surface area contributed by atoms with E-state index in [0.29, 0.717) is 5.95 Å². The van der Waals surface area contributed by atoms with E-state index in [2.05, 4.69) is 39.3 Å². The summed E-state index contributed by atoms with van der Waals surface area (Å²) in [5.74, 6) is 2.89. The zero-order chi connectivity index (χ0) is 15.4. The standard InChI is InChI=1S/C16H21N5S/c1-13-11-21(16(17)19-13)18-10-14-3-2-4-15(9-14)12-20-5-7-22-8-6-20/h2-4,9-11H,5-8,12H2,1H3,(H2,17,19). The second kappa shape index (κ2) is 6.98. The first kappa shape index (κ1) is 15.1. The molecule has 6 heteroatoms. The largest absolute Gasteiger partial charge is 0.368 e. The van der Waals surface area contributed by atoms with E-state index >= 15 is 0 Å². The van der Waals surface area contributed by atoms with Crippen LogP contribution in [-0.4, -0.2) is 45.4 Å². The third-order valence-electron chi connectivity index (χ3n) is 3.63. The van der Waals surface area contributed by atoms with Crippen molar-refractivity contribution >= 4 is 23.9 Å². The fourth-order valence-electron chi connectivity index (χ4n) is 2.51. The van der Waals surface area contributed by atoms with Gasteiger partial charge in [-0.3, -0.25) is 4.90 Å². The van der Waals surface area contributed by atoms with Crippen LogP contribution in [0.2, 0.25) is 0 Å². The molecule has 0 bridgehead atoms. The number of aromatic nitrogens is 2.